The molecule has 0 spiro atoms. The summed E-state index contributed by atoms with van der Waals surface area (Å²) in [6, 6.07) is 9.26. The molecule has 2 rings (SSSR count). The Kier molecular flexibility index (Phi) is 4.57. The summed E-state index contributed by atoms with van der Waals surface area (Å²) in [4.78, 5) is 11.7. The third-order valence-electron chi connectivity index (χ3n) is 2.39. The van der Waals surface area contributed by atoms with E-state index in [9.17, 15) is 4.79 Å². The van der Waals surface area contributed by atoms with Crippen molar-refractivity contribution in [1.29, 1.82) is 0 Å². The smallest absolute Gasteiger partial charge is 0.226 e. The number of nitrogens with zero attached hydrogens (tertiary/aromatic N) is 1. The lowest BCUT2D eigenvalue weighted by Crippen LogP contribution is -2.16. The Morgan fingerprint density at radius 3 is 2.95 bits per heavy atom. The van der Waals surface area contributed by atoms with Gasteiger partial charge in [0.25, 0.3) is 0 Å². The quantitative estimate of drug-likeness (QED) is 0.886. The van der Waals surface area contributed by atoms with Crippen LogP contribution in [0.25, 0.3) is 0 Å². The molecule has 2 N–H and O–H groups in total. The molecular formula is C13H14BrN3O2. The molecule has 5 nitrogen and oxygen atoms in total. The van der Waals surface area contributed by atoms with Crippen molar-refractivity contribution in [3.05, 3.63) is 40.6 Å². The fourth-order valence-corrected chi connectivity index (χ4v) is 1.94. The van der Waals surface area contributed by atoms with Crippen LogP contribution in [-0.4, -0.2) is 17.6 Å². The summed E-state index contributed by atoms with van der Waals surface area (Å²) in [7, 11) is 0. The van der Waals surface area contributed by atoms with Crippen molar-refractivity contribution >= 4 is 33.3 Å². The van der Waals surface area contributed by atoms with E-state index in [1.807, 2.05) is 31.2 Å². The van der Waals surface area contributed by atoms with Gasteiger partial charge in [0.2, 0.25) is 5.91 Å². The number of rotatable bonds is 5. The van der Waals surface area contributed by atoms with Gasteiger partial charge in [-0.25, -0.2) is 0 Å². The first kappa shape index (κ1) is 13.6. The van der Waals surface area contributed by atoms with Crippen molar-refractivity contribution in [2.75, 3.05) is 17.2 Å². The normalized spacial score (nSPS) is 10.2. The van der Waals surface area contributed by atoms with Crippen LogP contribution in [-0.2, 0) is 4.79 Å². The Bertz CT molecular complexity index is 569. The molecule has 0 aliphatic carbocycles. The van der Waals surface area contributed by atoms with Crippen LogP contribution < -0.4 is 10.6 Å². The summed E-state index contributed by atoms with van der Waals surface area (Å²) >= 11 is 3.36. The third kappa shape index (κ3) is 4.40. The molecule has 0 unspecified atom stereocenters. The Morgan fingerprint density at radius 1 is 1.42 bits per heavy atom. The SMILES string of the molecule is Cc1cc(NCCC(=O)Nc2cccc(Br)c2)no1. The number of benzene rings is 1. The molecule has 0 atom stereocenters. The average Bonchev–Trinajstić information content (AvgIpc) is 2.75. The van der Waals surface area contributed by atoms with Crippen molar-refractivity contribution in [2.24, 2.45) is 0 Å². The minimum absolute atomic E-state index is 0.0502. The Hall–Kier alpha value is -1.82. The summed E-state index contributed by atoms with van der Waals surface area (Å²) in [5.41, 5.74) is 0.775. The zero-order valence-electron chi connectivity index (χ0n) is 10.4. The summed E-state index contributed by atoms with van der Waals surface area (Å²) in [6.45, 7) is 2.32. The second-order valence-corrected chi connectivity index (χ2v) is 4.97. The number of hydrogen-bond acceptors (Lipinski definition) is 4. The molecule has 19 heavy (non-hydrogen) atoms. The summed E-state index contributed by atoms with van der Waals surface area (Å²) in [5.74, 6) is 1.33. The highest BCUT2D eigenvalue weighted by Crippen LogP contribution is 2.15. The zero-order valence-corrected chi connectivity index (χ0v) is 12.0. The molecule has 0 radical (unpaired) electrons. The maximum absolute atomic E-state index is 11.7. The van der Waals surface area contributed by atoms with Gasteiger partial charge in [0.15, 0.2) is 5.82 Å². The molecule has 0 aliphatic rings. The van der Waals surface area contributed by atoms with Crippen LogP contribution in [0.5, 0.6) is 0 Å². The maximum Gasteiger partial charge on any atom is 0.226 e. The lowest BCUT2D eigenvalue weighted by atomic mass is 10.3. The molecule has 1 amide bonds. The lowest BCUT2D eigenvalue weighted by molar-refractivity contribution is -0.115. The molecule has 1 aromatic heterocycles. The van der Waals surface area contributed by atoms with Crippen LogP contribution in [0.2, 0.25) is 0 Å². The first-order chi connectivity index (χ1) is 9.13. The summed E-state index contributed by atoms with van der Waals surface area (Å²) in [5, 5.41) is 9.62. The van der Waals surface area contributed by atoms with Crippen LogP contribution in [0, 0.1) is 6.92 Å². The van der Waals surface area contributed by atoms with Gasteiger partial charge in [0.05, 0.1) is 0 Å². The Labute approximate surface area is 119 Å². The number of aromatic nitrogens is 1. The number of nitrogens with one attached hydrogen (secondary N) is 2. The summed E-state index contributed by atoms with van der Waals surface area (Å²) in [6.07, 6.45) is 0.360. The second kappa shape index (κ2) is 6.38. The van der Waals surface area contributed by atoms with Crippen LogP contribution in [0.3, 0.4) is 0 Å². The van der Waals surface area contributed by atoms with E-state index in [0.29, 0.717) is 18.8 Å². The van der Waals surface area contributed by atoms with Gasteiger partial charge in [-0.15, -0.1) is 0 Å². The largest absolute Gasteiger partial charge is 0.367 e. The first-order valence-electron chi connectivity index (χ1n) is 5.86. The van der Waals surface area contributed by atoms with Gasteiger partial charge in [-0.05, 0) is 25.1 Å². The highest BCUT2D eigenvalue weighted by molar-refractivity contribution is 9.10. The third-order valence-corrected chi connectivity index (χ3v) is 2.89. The number of halogens is 1. The Morgan fingerprint density at radius 2 is 2.26 bits per heavy atom. The maximum atomic E-state index is 11.7. The molecule has 0 aliphatic heterocycles. The van der Waals surface area contributed by atoms with E-state index in [0.717, 1.165) is 15.9 Å². The van der Waals surface area contributed by atoms with Crippen molar-refractivity contribution in [3.8, 4) is 0 Å². The molecule has 0 saturated heterocycles. The van der Waals surface area contributed by atoms with Crippen LogP contribution in [0.15, 0.2) is 39.3 Å². The van der Waals surface area contributed by atoms with Gasteiger partial charge in [0.1, 0.15) is 5.76 Å². The van der Waals surface area contributed by atoms with E-state index in [1.54, 1.807) is 6.07 Å². The van der Waals surface area contributed by atoms with Crippen molar-refractivity contribution in [1.82, 2.24) is 5.16 Å². The highest BCUT2D eigenvalue weighted by atomic mass is 79.9. The number of carbonyl (C=O) groups excluding carboxylic acids is 1. The average molecular weight is 324 g/mol. The van der Waals surface area contributed by atoms with E-state index in [4.69, 9.17) is 4.52 Å². The van der Waals surface area contributed by atoms with Gasteiger partial charge in [-0.2, -0.15) is 0 Å². The topological polar surface area (TPSA) is 67.2 Å². The van der Waals surface area contributed by atoms with E-state index in [-0.39, 0.29) is 5.91 Å². The van der Waals surface area contributed by atoms with Gasteiger partial charge in [-0.1, -0.05) is 27.2 Å². The predicted molar refractivity (Wildman–Crippen MR) is 77.1 cm³/mol. The van der Waals surface area contributed by atoms with E-state index < -0.39 is 0 Å². The molecule has 1 heterocycles. The summed E-state index contributed by atoms with van der Waals surface area (Å²) < 4.78 is 5.84. The minimum atomic E-state index is -0.0502. The molecular weight excluding hydrogens is 310 g/mol. The standard InChI is InChI=1S/C13H14BrN3O2/c1-9-7-12(17-19-9)15-6-5-13(18)16-11-4-2-3-10(14)8-11/h2-4,7-8H,5-6H2,1H3,(H,15,17)(H,16,18). The number of aryl methyl sites for hydroxylation is 1. The van der Waals surface area contributed by atoms with Crippen LogP contribution >= 0.6 is 15.9 Å². The first-order valence-corrected chi connectivity index (χ1v) is 6.65. The number of carbonyl (C=O) groups is 1. The predicted octanol–water partition coefficient (Wildman–Crippen LogP) is 3.19. The van der Waals surface area contributed by atoms with E-state index in [1.165, 1.54) is 0 Å². The minimum Gasteiger partial charge on any atom is -0.367 e. The molecule has 100 valence electrons. The molecule has 0 fully saturated rings. The van der Waals surface area contributed by atoms with Crippen molar-refractivity contribution in [3.63, 3.8) is 0 Å². The van der Waals surface area contributed by atoms with Gasteiger partial charge in [-0.3, -0.25) is 4.79 Å². The number of anilines is 2. The lowest BCUT2D eigenvalue weighted by Gasteiger charge is -2.05. The zero-order chi connectivity index (χ0) is 13.7. The van der Waals surface area contributed by atoms with Crippen molar-refractivity contribution < 1.29 is 9.32 Å². The van der Waals surface area contributed by atoms with Gasteiger partial charge >= 0.3 is 0 Å². The fourth-order valence-electron chi connectivity index (χ4n) is 1.54. The van der Waals surface area contributed by atoms with E-state index in [2.05, 4.69) is 31.7 Å². The molecule has 2 aromatic rings. The fraction of sp³-hybridized carbons (Fsp3) is 0.231. The van der Waals surface area contributed by atoms with E-state index >= 15 is 0 Å². The van der Waals surface area contributed by atoms with Crippen LogP contribution in [0.4, 0.5) is 11.5 Å². The molecule has 6 heteroatoms. The monoisotopic (exact) mass is 323 g/mol. The second-order valence-electron chi connectivity index (χ2n) is 4.06. The Balaban J connectivity index is 1.76. The molecule has 0 bridgehead atoms. The van der Waals surface area contributed by atoms with Gasteiger partial charge < -0.3 is 15.2 Å². The van der Waals surface area contributed by atoms with Crippen LogP contribution in [0.1, 0.15) is 12.2 Å². The van der Waals surface area contributed by atoms with Gasteiger partial charge in [0, 0.05) is 29.2 Å². The number of amides is 1. The molecule has 1 aromatic carbocycles. The number of hydrogen-bond donors (Lipinski definition) is 2. The molecule has 0 saturated carbocycles. The highest BCUT2D eigenvalue weighted by Gasteiger charge is 2.04. The van der Waals surface area contributed by atoms with Crippen molar-refractivity contribution in [2.45, 2.75) is 13.3 Å².